The summed E-state index contributed by atoms with van der Waals surface area (Å²) >= 11 is 6.07. The zero-order valence-corrected chi connectivity index (χ0v) is 16.8. The van der Waals surface area contributed by atoms with Crippen molar-refractivity contribution in [2.45, 2.75) is 18.9 Å². The van der Waals surface area contributed by atoms with Gasteiger partial charge >= 0.3 is 0 Å². The van der Waals surface area contributed by atoms with Gasteiger partial charge in [-0.05, 0) is 50.2 Å². The SMILES string of the molecule is CN(c1cccc(NC(=O)c2ccccc2Cl)n1)C1CCNCC1.Cl.Cl. The molecule has 1 aliphatic heterocycles. The molecule has 8 heteroatoms. The van der Waals surface area contributed by atoms with Crippen LogP contribution in [0.3, 0.4) is 0 Å². The van der Waals surface area contributed by atoms with Gasteiger partial charge in [0.05, 0.1) is 10.6 Å². The van der Waals surface area contributed by atoms with E-state index in [4.69, 9.17) is 11.6 Å². The van der Waals surface area contributed by atoms with E-state index in [0.29, 0.717) is 22.4 Å². The van der Waals surface area contributed by atoms with Crippen LogP contribution in [0.2, 0.25) is 5.02 Å². The standard InChI is InChI=1S/C18H21ClN4O.2ClH/c1-23(13-9-11-20-12-10-13)17-8-4-7-16(21-17)22-18(24)14-5-2-3-6-15(14)19;;/h2-8,13,20H,9-12H2,1H3,(H,21,22,24);2*1H. The third kappa shape index (κ3) is 5.48. The highest BCUT2D eigenvalue weighted by atomic mass is 35.5. The molecule has 0 saturated carbocycles. The molecule has 26 heavy (non-hydrogen) atoms. The summed E-state index contributed by atoms with van der Waals surface area (Å²) in [6.07, 6.45) is 2.18. The van der Waals surface area contributed by atoms with Gasteiger partial charge in [-0.1, -0.05) is 29.8 Å². The molecule has 0 bridgehead atoms. The molecule has 1 aromatic heterocycles. The summed E-state index contributed by atoms with van der Waals surface area (Å²) in [5, 5.41) is 6.62. The fraction of sp³-hybridized carbons (Fsp3) is 0.333. The Hall–Kier alpha value is -1.53. The molecule has 0 unspecified atom stereocenters. The van der Waals surface area contributed by atoms with Gasteiger partial charge in [0, 0.05) is 13.1 Å². The van der Waals surface area contributed by atoms with Crippen molar-refractivity contribution in [2.24, 2.45) is 0 Å². The minimum atomic E-state index is -0.255. The van der Waals surface area contributed by atoms with E-state index in [1.807, 2.05) is 12.1 Å². The monoisotopic (exact) mass is 416 g/mol. The van der Waals surface area contributed by atoms with Crippen molar-refractivity contribution in [1.29, 1.82) is 0 Å². The van der Waals surface area contributed by atoms with E-state index in [2.05, 4.69) is 27.6 Å². The third-order valence-electron chi connectivity index (χ3n) is 4.31. The molecule has 2 aromatic rings. The second-order valence-corrected chi connectivity index (χ2v) is 6.31. The van der Waals surface area contributed by atoms with E-state index in [-0.39, 0.29) is 30.7 Å². The second-order valence-electron chi connectivity index (χ2n) is 5.91. The lowest BCUT2D eigenvalue weighted by molar-refractivity contribution is 0.102. The van der Waals surface area contributed by atoms with Gasteiger partial charge in [-0.15, -0.1) is 24.8 Å². The first-order chi connectivity index (χ1) is 11.6. The van der Waals surface area contributed by atoms with Crippen molar-refractivity contribution in [3.63, 3.8) is 0 Å². The number of pyridine rings is 1. The lowest BCUT2D eigenvalue weighted by atomic mass is 10.1. The summed E-state index contributed by atoms with van der Waals surface area (Å²) in [7, 11) is 2.05. The van der Waals surface area contributed by atoms with E-state index in [0.717, 1.165) is 31.7 Å². The molecule has 142 valence electrons. The Morgan fingerprint density at radius 2 is 1.85 bits per heavy atom. The summed E-state index contributed by atoms with van der Waals surface area (Å²) in [4.78, 5) is 19.1. The Morgan fingerprint density at radius 1 is 1.15 bits per heavy atom. The second kappa shape index (κ2) is 10.6. The first-order valence-corrected chi connectivity index (χ1v) is 8.49. The van der Waals surface area contributed by atoms with Crippen LogP contribution >= 0.6 is 36.4 Å². The number of hydrogen-bond acceptors (Lipinski definition) is 4. The van der Waals surface area contributed by atoms with Crippen LogP contribution in [0.4, 0.5) is 11.6 Å². The van der Waals surface area contributed by atoms with Crippen LogP contribution in [0.25, 0.3) is 0 Å². The maximum atomic E-state index is 12.4. The summed E-state index contributed by atoms with van der Waals surface area (Å²) in [5.41, 5.74) is 0.443. The average Bonchev–Trinajstić information content (AvgIpc) is 2.62. The van der Waals surface area contributed by atoms with E-state index in [1.54, 1.807) is 30.3 Å². The number of piperidine rings is 1. The molecule has 3 rings (SSSR count). The van der Waals surface area contributed by atoms with E-state index in [9.17, 15) is 4.79 Å². The molecule has 2 heterocycles. The molecule has 1 saturated heterocycles. The van der Waals surface area contributed by atoms with Crippen LogP contribution in [0.5, 0.6) is 0 Å². The van der Waals surface area contributed by atoms with E-state index < -0.39 is 0 Å². The van der Waals surface area contributed by atoms with Gasteiger partial charge in [0.2, 0.25) is 0 Å². The maximum absolute atomic E-state index is 12.4. The number of amides is 1. The zero-order valence-electron chi connectivity index (χ0n) is 14.4. The van der Waals surface area contributed by atoms with Crippen molar-refractivity contribution in [1.82, 2.24) is 10.3 Å². The van der Waals surface area contributed by atoms with Crippen LogP contribution < -0.4 is 15.5 Å². The minimum absolute atomic E-state index is 0. The molecule has 1 fully saturated rings. The predicted molar refractivity (Wildman–Crippen MR) is 112 cm³/mol. The topological polar surface area (TPSA) is 57.3 Å². The van der Waals surface area contributed by atoms with E-state index >= 15 is 0 Å². The predicted octanol–water partition coefficient (Wildman–Crippen LogP) is 4.02. The Morgan fingerprint density at radius 3 is 2.54 bits per heavy atom. The molecule has 1 aliphatic rings. The van der Waals surface area contributed by atoms with Crippen molar-refractivity contribution >= 4 is 54.0 Å². The summed E-state index contributed by atoms with van der Waals surface area (Å²) < 4.78 is 0. The molecule has 0 aliphatic carbocycles. The van der Waals surface area contributed by atoms with Crippen molar-refractivity contribution in [3.05, 3.63) is 53.1 Å². The number of carbonyl (C=O) groups is 1. The largest absolute Gasteiger partial charge is 0.357 e. The first kappa shape index (κ1) is 22.5. The van der Waals surface area contributed by atoms with Crippen LogP contribution in [-0.2, 0) is 0 Å². The Labute approximate surface area is 171 Å². The van der Waals surface area contributed by atoms with Crippen molar-refractivity contribution in [3.8, 4) is 0 Å². The lowest BCUT2D eigenvalue weighted by Crippen LogP contribution is -2.41. The highest BCUT2D eigenvalue weighted by Gasteiger charge is 2.19. The Bertz CT molecular complexity index is 723. The molecular weight excluding hydrogens is 395 g/mol. The molecule has 1 aromatic carbocycles. The number of aromatic nitrogens is 1. The average molecular weight is 418 g/mol. The molecule has 0 radical (unpaired) electrons. The zero-order chi connectivity index (χ0) is 16.9. The molecule has 1 amide bonds. The minimum Gasteiger partial charge on any atom is -0.357 e. The van der Waals surface area contributed by atoms with Gasteiger partial charge in [-0.2, -0.15) is 0 Å². The number of nitrogens with zero attached hydrogens (tertiary/aromatic N) is 2. The number of rotatable bonds is 4. The number of nitrogens with one attached hydrogen (secondary N) is 2. The summed E-state index contributed by atoms with van der Waals surface area (Å²) in [6, 6.07) is 13.1. The number of benzene rings is 1. The molecule has 0 spiro atoms. The van der Waals surface area contributed by atoms with Gasteiger partial charge < -0.3 is 15.5 Å². The highest BCUT2D eigenvalue weighted by molar-refractivity contribution is 6.34. The first-order valence-electron chi connectivity index (χ1n) is 8.11. The number of halogens is 3. The van der Waals surface area contributed by atoms with E-state index in [1.165, 1.54) is 0 Å². The molecule has 0 atom stereocenters. The van der Waals surface area contributed by atoms with Crippen molar-refractivity contribution < 1.29 is 4.79 Å². The maximum Gasteiger partial charge on any atom is 0.258 e. The smallest absolute Gasteiger partial charge is 0.258 e. The number of carbonyl (C=O) groups excluding carboxylic acids is 1. The van der Waals surface area contributed by atoms with Gasteiger partial charge in [0.15, 0.2) is 0 Å². The Balaban J connectivity index is 0.00000169. The van der Waals surface area contributed by atoms with Crippen molar-refractivity contribution in [2.75, 3.05) is 30.4 Å². The number of anilines is 2. The fourth-order valence-corrected chi connectivity index (χ4v) is 3.12. The quantitative estimate of drug-likeness (QED) is 0.789. The summed E-state index contributed by atoms with van der Waals surface area (Å²) in [6.45, 7) is 2.05. The molecular formula is C18H23Cl3N4O. The fourth-order valence-electron chi connectivity index (χ4n) is 2.90. The Kier molecular flexibility index (Phi) is 9.16. The summed E-state index contributed by atoms with van der Waals surface area (Å²) in [5.74, 6) is 1.13. The normalized spacial score (nSPS) is 13.9. The van der Waals surface area contributed by atoms with Crippen LogP contribution in [0.1, 0.15) is 23.2 Å². The van der Waals surface area contributed by atoms with Crippen LogP contribution in [0.15, 0.2) is 42.5 Å². The van der Waals surface area contributed by atoms with Crippen LogP contribution in [-0.4, -0.2) is 37.1 Å². The van der Waals surface area contributed by atoms with Gasteiger partial charge in [0.25, 0.3) is 5.91 Å². The third-order valence-corrected chi connectivity index (χ3v) is 4.64. The molecule has 5 nitrogen and oxygen atoms in total. The lowest BCUT2D eigenvalue weighted by Gasteiger charge is -2.32. The van der Waals surface area contributed by atoms with Crippen LogP contribution in [0, 0.1) is 0 Å². The van der Waals surface area contributed by atoms with Gasteiger partial charge in [-0.25, -0.2) is 4.98 Å². The molecule has 2 N–H and O–H groups in total. The van der Waals surface area contributed by atoms with Gasteiger partial charge in [-0.3, -0.25) is 4.79 Å². The highest BCUT2D eigenvalue weighted by Crippen LogP contribution is 2.21. The van der Waals surface area contributed by atoms with Gasteiger partial charge in [0.1, 0.15) is 11.6 Å². The number of hydrogen-bond donors (Lipinski definition) is 2.